The van der Waals surface area contributed by atoms with Crippen molar-refractivity contribution in [3.05, 3.63) is 0 Å². The standard InChI is InChI=1S/C16H31N3O2/c1-11(2)9-14(15(20)18-10-12(3)4)19(5)16(21)13-7-6-8-17-13/h11-14,17H,6-10H2,1-5H3,(H,18,20)/t13-,14-/m0/s1. The van der Waals surface area contributed by atoms with Gasteiger partial charge in [0.25, 0.3) is 0 Å². The molecule has 0 unspecified atom stereocenters. The number of rotatable bonds is 7. The molecule has 21 heavy (non-hydrogen) atoms. The van der Waals surface area contributed by atoms with Gasteiger partial charge in [-0.15, -0.1) is 0 Å². The Morgan fingerprint density at radius 1 is 1.24 bits per heavy atom. The molecule has 0 bridgehead atoms. The zero-order valence-corrected chi connectivity index (χ0v) is 14.1. The molecular weight excluding hydrogens is 266 g/mol. The summed E-state index contributed by atoms with van der Waals surface area (Å²) in [6.45, 7) is 9.82. The number of hydrogen-bond acceptors (Lipinski definition) is 3. The highest BCUT2D eigenvalue weighted by Gasteiger charge is 2.32. The van der Waals surface area contributed by atoms with Crippen molar-refractivity contribution in [1.29, 1.82) is 0 Å². The Morgan fingerprint density at radius 3 is 2.38 bits per heavy atom. The Bertz CT molecular complexity index is 349. The van der Waals surface area contributed by atoms with Crippen LogP contribution in [0.4, 0.5) is 0 Å². The molecule has 0 aromatic rings. The Hall–Kier alpha value is -1.10. The highest BCUT2D eigenvalue weighted by molar-refractivity contribution is 5.89. The van der Waals surface area contributed by atoms with Gasteiger partial charge in [0.1, 0.15) is 6.04 Å². The van der Waals surface area contributed by atoms with E-state index in [4.69, 9.17) is 0 Å². The number of nitrogens with zero attached hydrogens (tertiary/aromatic N) is 1. The van der Waals surface area contributed by atoms with Gasteiger partial charge in [0, 0.05) is 13.6 Å². The number of carbonyl (C=O) groups excluding carboxylic acids is 2. The van der Waals surface area contributed by atoms with Gasteiger partial charge in [-0.1, -0.05) is 27.7 Å². The molecule has 5 nitrogen and oxygen atoms in total. The van der Waals surface area contributed by atoms with Crippen LogP contribution >= 0.6 is 0 Å². The Morgan fingerprint density at radius 2 is 1.90 bits per heavy atom. The highest BCUT2D eigenvalue weighted by atomic mass is 16.2. The van der Waals surface area contributed by atoms with Crippen LogP contribution in [0, 0.1) is 11.8 Å². The van der Waals surface area contributed by atoms with Crippen molar-refractivity contribution >= 4 is 11.8 Å². The molecule has 0 aromatic carbocycles. The van der Waals surface area contributed by atoms with Crippen molar-refractivity contribution in [2.75, 3.05) is 20.1 Å². The fourth-order valence-corrected chi connectivity index (χ4v) is 2.60. The molecular formula is C16H31N3O2. The summed E-state index contributed by atoms with van der Waals surface area (Å²) in [6.07, 6.45) is 2.59. The largest absolute Gasteiger partial charge is 0.354 e. The van der Waals surface area contributed by atoms with E-state index in [1.54, 1.807) is 11.9 Å². The summed E-state index contributed by atoms with van der Waals surface area (Å²) >= 11 is 0. The quantitative estimate of drug-likeness (QED) is 0.746. The molecule has 0 saturated carbocycles. The molecule has 0 aliphatic carbocycles. The fourth-order valence-electron chi connectivity index (χ4n) is 2.60. The van der Waals surface area contributed by atoms with E-state index in [9.17, 15) is 9.59 Å². The summed E-state index contributed by atoms with van der Waals surface area (Å²) in [5.41, 5.74) is 0. The first kappa shape index (κ1) is 18.0. The van der Waals surface area contributed by atoms with E-state index < -0.39 is 0 Å². The normalized spacial score (nSPS) is 19.9. The summed E-state index contributed by atoms with van der Waals surface area (Å²) in [6, 6.07) is -0.499. The monoisotopic (exact) mass is 297 g/mol. The van der Waals surface area contributed by atoms with E-state index in [1.807, 2.05) is 0 Å². The van der Waals surface area contributed by atoms with E-state index >= 15 is 0 Å². The van der Waals surface area contributed by atoms with Gasteiger partial charge >= 0.3 is 0 Å². The third kappa shape index (κ3) is 5.65. The molecule has 0 spiro atoms. The third-order valence-electron chi connectivity index (χ3n) is 3.86. The Balaban J connectivity index is 2.70. The predicted octanol–water partition coefficient (Wildman–Crippen LogP) is 1.38. The SMILES string of the molecule is CC(C)CNC(=O)[C@H](CC(C)C)N(C)C(=O)[C@@H]1CCCN1. The maximum Gasteiger partial charge on any atom is 0.242 e. The lowest BCUT2D eigenvalue weighted by Gasteiger charge is -2.30. The summed E-state index contributed by atoms with van der Waals surface area (Å²) in [5, 5.41) is 6.17. The van der Waals surface area contributed by atoms with Crippen LogP contribution in [-0.2, 0) is 9.59 Å². The van der Waals surface area contributed by atoms with Gasteiger partial charge in [-0.25, -0.2) is 0 Å². The average Bonchev–Trinajstić information content (AvgIpc) is 2.94. The molecule has 2 atom stereocenters. The van der Waals surface area contributed by atoms with Gasteiger partial charge < -0.3 is 15.5 Å². The molecule has 2 N–H and O–H groups in total. The molecule has 1 heterocycles. The van der Waals surface area contributed by atoms with Gasteiger partial charge in [0.2, 0.25) is 11.8 Å². The maximum absolute atomic E-state index is 12.5. The second-order valence-electron chi connectivity index (χ2n) is 6.88. The predicted molar refractivity (Wildman–Crippen MR) is 84.9 cm³/mol. The van der Waals surface area contributed by atoms with Crippen LogP contribution in [0.1, 0.15) is 47.0 Å². The van der Waals surface area contributed by atoms with Crippen molar-refractivity contribution < 1.29 is 9.59 Å². The molecule has 1 fully saturated rings. The molecule has 5 heteroatoms. The third-order valence-corrected chi connectivity index (χ3v) is 3.86. The smallest absolute Gasteiger partial charge is 0.242 e. The molecule has 1 saturated heterocycles. The lowest BCUT2D eigenvalue weighted by Crippen LogP contribution is -2.53. The molecule has 1 aliphatic heterocycles. The van der Waals surface area contributed by atoms with Crippen LogP contribution in [0.3, 0.4) is 0 Å². The number of carbonyl (C=O) groups is 2. The van der Waals surface area contributed by atoms with E-state index in [2.05, 4.69) is 38.3 Å². The molecule has 2 amide bonds. The fraction of sp³-hybridized carbons (Fsp3) is 0.875. The van der Waals surface area contributed by atoms with Gasteiger partial charge in [0.05, 0.1) is 6.04 Å². The van der Waals surface area contributed by atoms with Crippen LogP contribution in [0.25, 0.3) is 0 Å². The van der Waals surface area contributed by atoms with Crippen molar-refractivity contribution in [3.63, 3.8) is 0 Å². The first-order valence-corrected chi connectivity index (χ1v) is 8.10. The van der Waals surface area contributed by atoms with Gasteiger partial charge in [-0.2, -0.15) is 0 Å². The summed E-state index contributed by atoms with van der Waals surface area (Å²) < 4.78 is 0. The first-order valence-electron chi connectivity index (χ1n) is 8.10. The van der Waals surface area contributed by atoms with Crippen LogP contribution in [0.15, 0.2) is 0 Å². The van der Waals surface area contributed by atoms with Crippen LogP contribution < -0.4 is 10.6 Å². The minimum Gasteiger partial charge on any atom is -0.354 e. The van der Waals surface area contributed by atoms with Crippen LogP contribution in [-0.4, -0.2) is 48.9 Å². The van der Waals surface area contributed by atoms with Crippen LogP contribution in [0.5, 0.6) is 0 Å². The minimum atomic E-state index is -0.376. The van der Waals surface area contributed by atoms with Crippen LogP contribution in [0.2, 0.25) is 0 Å². The van der Waals surface area contributed by atoms with Gasteiger partial charge in [-0.05, 0) is 37.6 Å². The zero-order chi connectivity index (χ0) is 16.0. The lowest BCUT2D eigenvalue weighted by atomic mass is 10.0. The summed E-state index contributed by atoms with van der Waals surface area (Å²) in [5.74, 6) is 0.779. The van der Waals surface area contributed by atoms with E-state index in [1.165, 1.54) is 0 Å². The Labute approximate surface area is 128 Å². The number of amides is 2. The number of likely N-dealkylation sites (N-methyl/N-ethyl adjacent to an activating group) is 1. The average molecular weight is 297 g/mol. The number of nitrogens with one attached hydrogen (secondary N) is 2. The summed E-state index contributed by atoms with van der Waals surface area (Å²) in [4.78, 5) is 26.6. The zero-order valence-electron chi connectivity index (χ0n) is 14.1. The summed E-state index contributed by atoms with van der Waals surface area (Å²) in [7, 11) is 1.75. The topological polar surface area (TPSA) is 61.4 Å². The lowest BCUT2D eigenvalue weighted by molar-refractivity contribution is -0.140. The van der Waals surface area contributed by atoms with Gasteiger partial charge in [-0.3, -0.25) is 9.59 Å². The minimum absolute atomic E-state index is 0.0359. The van der Waals surface area contributed by atoms with E-state index in [0.29, 0.717) is 24.8 Å². The highest BCUT2D eigenvalue weighted by Crippen LogP contribution is 2.15. The molecule has 1 aliphatic rings. The molecule has 0 aromatic heterocycles. The van der Waals surface area contributed by atoms with Gasteiger partial charge in [0.15, 0.2) is 0 Å². The van der Waals surface area contributed by atoms with E-state index in [-0.39, 0.29) is 23.9 Å². The van der Waals surface area contributed by atoms with Crippen molar-refractivity contribution in [2.24, 2.45) is 11.8 Å². The van der Waals surface area contributed by atoms with Crippen molar-refractivity contribution in [1.82, 2.24) is 15.5 Å². The second-order valence-corrected chi connectivity index (χ2v) is 6.88. The molecule has 122 valence electrons. The Kier molecular flexibility index (Phi) is 7.15. The molecule has 0 radical (unpaired) electrons. The van der Waals surface area contributed by atoms with E-state index in [0.717, 1.165) is 19.4 Å². The first-order chi connectivity index (χ1) is 9.82. The second kappa shape index (κ2) is 8.37. The molecule has 1 rings (SSSR count). The van der Waals surface area contributed by atoms with Crippen molar-refractivity contribution in [2.45, 2.75) is 59.0 Å². The van der Waals surface area contributed by atoms with Crippen molar-refractivity contribution in [3.8, 4) is 0 Å². The maximum atomic E-state index is 12.5. The number of hydrogen-bond donors (Lipinski definition) is 2.